The van der Waals surface area contributed by atoms with Crippen LogP contribution in [0.1, 0.15) is 29.6 Å². The molecule has 2 aliphatic heterocycles. The van der Waals surface area contributed by atoms with Crippen molar-refractivity contribution in [1.82, 2.24) is 15.7 Å². The van der Waals surface area contributed by atoms with E-state index >= 15 is 0 Å². The lowest BCUT2D eigenvalue weighted by Gasteiger charge is -2.31. The van der Waals surface area contributed by atoms with Gasteiger partial charge in [0.15, 0.2) is 11.6 Å². The smallest absolute Gasteiger partial charge is 0.269 e. The highest BCUT2D eigenvalue weighted by atomic mass is 16.5. The topological polar surface area (TPSA) is 108 Å². The number of nitrogens with one attached hydrogen (secondary N) is 2. The summed E-state index contributed by atoms with van der Waals surface area (Å²) in [4.78, 5) is 34.5. The molecule has 1 saturated heterocycles. The maximum absolute atomic E-state index is 12.1. The Morgan fingerprint density at radius 3 is 2.93 bits per heavy atom. The number of hydrogen-bond donors (Lipinski definition) is 1. The van der Waals surface area contributed by atoms with Crippen molar-refractivity contribution in [2.24, 2.45) is 5.92 Å². The fourth-order valence-electron chi connectivity index (χ4n) is 3.63. The monoisotopic (exact) mass is 380 g/mol. The molecule has 1 aromatic heterocycles. The molecule has 0 spiro atoms. The van der Waals surface area contributed by atoms with Crippen LogP contribution in [0.5, 0.6) is 0 Å². The highest BCUT2D eigenvalue weighted by Crippen LogP contribution is 2.30. The zero-order valence-corrected chi connectivity index (χ0v) is 15.5. The lowest BCUT2D eigenvalue weighted by Crippen LogP contribution is -2.40. The van der Waals surface area contributed by atoms with Crippen LogP contribution in [0, 0.1) is 5.92 Å². The van der Waals surface area contributed by atoms with E-state index in [0.29, 0.717) is 28.8 Å². The molecule has 2 amide bonds. The van der Waals surface area contributed by atoms with Crippen LogP contribution < -0.4 is 16.0 Å². The summed E-state index contributed by atoms with van der Waals surface area (Å²) in [7, 11) is 0. The molecule has 0 atom stereocenters. The van der Waals surface area contributed by atoms with Crippen molar-refractivity contribution in [3.05, 3.63) is 36.0 Å². The van der Waals surface area contributed by atoms with Gasteiger partial charge >= 0.3 is 0 Å². The molecule has 1 aromatic carbocycles. The number of fused-ring (bicyclic) bond motifs is 1. The number of benzene rings is 1. The van der Waals surface area contributed by atoms with Crippen LogP contribution in [-0.2, 0) is 9.53 Å². The third-order valence-electron chi connectivity index (χ3n) is 5.21. The normalized spacial score (nSPS) is 17.1. The van der Waals surface area contributed by atoms with Crippen molar-refractivity contribution in [2.45, 2.75) is 19.3 Å². The standard InChI is InChI=1S/C20H22N5O3/c21-18(27)15-3-1-2-14(10-15)16-11-22-19-20(23-16)25(12-17(26)24-19)7-4-13-5-8-28-9-6-13/h1-3,10-11,13,21H,4-9,12H2,(H,22,24,26). The third-order valence-corrected chi connectivity index (χ3v) is 5.21. The first kappa shape index (κ1) is 18.4. The zero-order chi connectivity index (χ0) is 19.5. The molecule has 1 fully saturated rings. The lowest BCUT2D eigenvalue weighted by atomic mass is 9.96. The molecule has 2 aromatic rings. The molecule has 3 heterocycles. The number of aromatic nitrogens is 2. The van der Waals surface area contributed by atoms with E-state index < -0.39 is 5.91 Å². The van der Waals surface area contributed by atoms with E-state index in [2.05, 4.69) is 10.3 Å². The average Bonchev–Trinajstić information content (AvgIpc) is 2.72. The Morgan fingerprint density at radius 2 is 2.14 bits per heavy atom. The predicted molar refractivity (Wildman–Crippen MR) is 104 cm³/mol. The van der Waals surface area contributed by atoms with Gasteiger partial charge in [-0.3, -0.25) is 15.3 Å². The second-order valence-corrected chi connectivity index (χ2v) is 7.15. The Kier molecular flexibility index (Phi) is 5.21. The molecule has 145 valence electrons. The van der Waals surface area contributed by atoms with Gasteiger partial charge in [0.2, 0.25) is 5.91 Å². The molecule has 2 aliphatic rings. The Morgan fingerprint density at radius 1 is 1.32 bits per heavy atom. The van der Waals surface area contributed by atoms with Crippen molar-refractivity contribution >= 4 is 23.5 Å². The number of nitrogens with zero attached hydrogens (tertiary/aromatic N) is 3. The first-order valence-corrected chi connectivity index (χ1v) is 9.46. The number of anilines is 2. The second-order valence-electron chi connectivity index (χ2n) is 7.15. The zero-order valence-electron chi connectivity index (χ0n) is 15.5. The Balaban J connectivity index is 1.59. The fourth-order valence-corrected chi connectivity index (χ4v) is 3.63. The van der Waals surface area contributed by atoms with E-state index in [1.165, 1.54) is 0 Å². The van der Waals surface area contributed by atoms with E-state index in [-0.39, 0.29) is 12.5 Å². The first-order valence-electron chi connectivity index (χ1n) is 9.46. The van der Waals surface area contributed by atoms with Gasteiger partial charge in [-0.1, -0.05) is 12.1 Å². The summed E-state index contributed by atoms with van der Waals surface area (Å²) < 4.78 is 5.42. The van der Waals surface area contributed by atoms with Crippen molar-refractivity contribution in [2.75, 3.05) is 36.5 Å². The summed E-state index contributed by atoms with van der Waals surface area (Å²) in [6.07, 6.45) is 4.65. The maximum atomic E-state index is 12.1. The summed E-state index contributed by atoms with van der Waals surface area (Å²) in [5.74, 6) is 0.867. The number of hydrogen-bond acceptors (Lipinski definition) is 6. The van der Waals surface area contributed by atoms with Crippen LogP contribution in [0.15, 0.2) is 30.5 Å². The van der Waals surface area contributed by atoms with Gasteiger partial charge in [-0.2, -0.15) is 0 Å². The predicted octanol–water partition coefficient (Wildman–Crippen LogP) is 2.14. The van der Waals surface area contributed by atoms with Gasteiger partial charge in [0, 0.05) is 30.9 Å². The Bertz CT molecular complexity index is 895. The van der Waals surface area contributed by atoms with Crippen LogP contribution in [0.3, 0.4) is 0 Å². The minimum atomic E-state index is -0.738. The van der Waals surface area contributed by atoms with Gasteiger partial charge in [-0.05, 0) is 37.3 Å². The Hall–Kier alpha value is -3.00. The molecule has 0 saturated carbocycles. The van der Waals surface area contributed by atoms with Crippen molar-refractivity contribution in [3.8, 4) is 11.3 Å². The summed E-state index contributed by atoms with van der Waals surface area (Å²) in [5, 5.41) is 2.78. The molecule has 28 heavy (non-hydrogen) atoms. The van der Waals surface area contributed by atoms with Crippen LogP contribution in [0.25, 0.3) is 11.3 Å². The molecule has 8 heteroatoms. The molecule has 4 rings (SSSR count). The van der Waals surface area contributed by atoms with Crippen molar-refractivity contribution in [1.29, 1.82) is 0 Å². The van der Waals surface area contributed by atoms with Gasteiger partial charge in [-0.25, -0.2) is 9.97 Å². The summed E-state index contributed by atoms with van der Waals surface area (Å²) >= 11 is 0. The number of carbonyl (C=O) groups is 2. The summed E-state index contributed by atoms with van der Waals surface area (Å²) in [6.45, 7) is 2.58. The molecule has 0 aliphatic carbocycles. The molecule has 2 N–H and O–H groups in total. The minimum absolute atomic E-state index is 0.0941. The molecular formula is C20H22N5O3. The molecule has 8 nitrogen and oxygen atoms in total. The van der Waals surface area contributed by atoms with Gasteiger partial charge < -0.3 is 15.0 Å². The van der Waals surface area contributed by atoms with E-state index in [9.17, 15) is 9.59 Å². The van der Waals surface area contributed by atoms with Crippen molar-refractivity contribution < 1.29 is 14.3 Å². The SMILES string of the molecule is [NH]C(=O)c1cccc(-c2cnc3c(n2)N(CCC2CCOCC2)CC(=O)N3)c1. The quantitative estimate of drug-likeness (QED) is 0.851. The van der Waals surface area contributed by atoms with Crippen LogP contribution >= 0.6 is 0 Å². The minimum Gasteiger partial charge on any atom is -0.381 e. The van der Waals surface area contributed by atoms with Crippen LogP contribution in [-0.4, -0.2) is 48.1 Å². The van der Waals surface area contributed by atoms with Gasteiger partial charge in [0.25, 0.3) is 5.91 Å². The van der Waals surface area contributed by atoms with Crippen LogP contribution in [0.4, 0.5) is 11.6 Å². The van der Waals surface area contributed by atoms with Crippen LogP contribution in [0.2, 0.25) is 0 Å². The van der Waals surface area contributed by atoms with Crippen molar-refractivity contribution in [3.63, 3.8) is 0 Å². The average molecular weight is 380 g/mol. The fraction of sp³-hybridized carbons (Fsp3) is 0.400. The van der Waals surface area contributed by atoms with E-state index in [4.69, 9.17) is 15.5 Å². The number of amides is 2. The van der Waals surface area contributed by atoms with E-state index in [1.807, 2.05) is 11.0 Å². The summed E-state index contributed by atoms with van der Waals surface area (Å²) in [6, 6.07) is 6.80. The molecular weight excluding hydrogens is 358 g/mol. The second kappa shape index (κ2) is 7.93. The van der Waals surface area contributed by atoms with E-state index in [1.54, 1.807) is 24.4 Å². The van der Waals surface area contributed by atoms with E-state index in [0.717, 1.165) is 44.6 Å². The van der Waals surface area contributed by atoms with Gasteiger partial charge in [0.05, 0.1) is 18.4 Å². The highest BCUT2D eigenvalue weighted by Gasteiger charge is 2.26. The number of carbonyl (C=O) groups excluding carboxylic acids is 2. The number of ether oxygens (including phenoxy) is 1. The van der Waals surface area contributed by atoms with Gasteiger partial charge in [-0.15, -0.1) is 0 Å². The number of rotatable bonds is 5. The molecule has 0 bridgehead atoms. The third kappa shape index (κ3) is 3.96. The first-order chi connectivity index (χ1) is 13.6. The molecule has 1 radical (unpaired) electrons. The Labute approximate surface area is 163 Å². The maximum Gasteiger partial charge on any atom is 0.269 e. The highest BCUT2D eigenvalue weighted by molar-refractivity contribution is 5.99. The largest absolute Gasteiger partial charge is 0.381 e. The molecule has 0 unspecified atom stereocenters. The lowest BCUT2D eigenvalue weighted by molar-refractivity contribution is -0.115. The summed E-state index contributed by atoms with van der Waals surface area (Å²) in [5.41, 5.74) is 8.93. The van der Waals surface area contributed by atoms with Gasteiger partial charge in [0.1, 0.15) is 0 Å².